The minimum absolute atomic E-state index is 0. The highest BCUT2D eigenvalue weighted by molar-refractivity contribution is 5.85. The molecule has 0 bridgehead atoms. The first-order valence-electron chi connectivity index (χ1n) is 5.90. The van der Waals surface area contributed by atoms with Gasteiger partial charge in [0.1, 0.15) is 0 Å². The highest BCUT2D eigenvalue weighted by atomic mass is 35.5. The van der Waals surface area contributed by atoms with Gasteiger partial charge < -0.3 is 5.21 Å². The fraction of sp³-hybridized carbons (Fsp3) is 0.571. The summed E-state index contributed by atoms with van der Waals surface area (Å²) in [6.45, 7) is 8.41. The van der Waals surface area contributed by atoms with Crippen LogP contribution in [0.3, 0.4) is 0 Å². The SMILES string of the molecule is CC1(C)CC(c2ccccc2)C(C)(C)N1O.Cl. The third-order valence-corrected chi connectivity index (χ3v) is 3.88. The standard InChI is InChI=1S/C14H21NO.ClH/c1-13(2)10-12(14(3,4)15(13)16)11-8-6-5-7-9-11;/h5-9,12,16H,10H2,1-4H3;1H. The van der Waals surface area contributed by atoms with Crippen LogP contribution in [-0.4, -0.2) is 21.3 Å². The van der Waals surface area contributed by atoms with Gasteiger partial charge in [0, 0.05) is 17.0 Å². The van der Waals surface area contributed by atoms with Crippen molar-refractivity contribution in [3.63, 3.8) is 0 Å². The fourth-order valence-corrected chi connectivity index (χ4v) is 2.97. The molecule has 1 aromatic carbocycles. The first kappa shape index (κ1) is 14.5. The average molecular weight is 256 g/mol. The Morgan fingerprint density at radius 2 is 1.65 bits per heavy atom. The molecule has 1 aliphatic rings. The first-order valence-corrected chi connectivity index (χ1v) is 5.90. The van der Waals surface area contributed by atoms with Crippen molar-refractivity contribution in [1.82, 2.24) is 5.06 Å². The van der Waals surface area contributed by atoms with Crippen molar-refractivity contribution >= 4 is 12.4 Å². The van der Waals surface area contributed by atoms with E-state index in [0.717, 1.165) is 6.42 Å². The predicted molar refractivity (Wildman–Crippen MR) is 72.8 cm³/mol. The minimum Gasteiger partial charge on any atom is -0.313 e. The van der Waals surface area contributed by atoms with Crippen molar-refractivity contribution in [2.75, 3.05) is 0 Å². The van der Waals surface area contributed by atoms with Crippen molar-refractivity contribution in [2.45, 2.75) is 51.1 Å². The van der Waals surface area contributed by atoms with Crippen molar-refractivity contribution < 1.29 is 5.21 Å². The molecule has 96 valence electrons. The Balaban J connectivity index is 0.00000144. The zero-order valence-electron chi connectivity index (χ0n) is 11.0. The van der Waals surface area contributed by atoms with E-state index in [4.69, 9.17) is 0 Å². The molecule has 1 aliphatic heterocycles. The van der Waals surface area contributed by atoms with Crippen LogP contribution in [0, 0.1) is 0 Å². The second-order valence-electron chi connectivity index (χ2n) is 5.95. The topological polar surface area (TPSA) is 23.5 Å². The maximum atomic E-state index is 10.2. The summed E-state index contributed by atoms with van der Waals surface area (Å²) in [6.07, 6.45) is 0.987. The minimum atomic E-state index is -0.204. The van der Waals surface area contributed by atoms with Crippen molar-refractivity contribution in [1.29, 1.82) is 0 Å². The summed E-state index contributed by atoms with van der Waals surface area (Å²) in [6, 6.07) is 10.5. The van der Waals surface area contributed by atoms with Crippen LogP contribution in [0.5, 0.6) is 0 Å². The van der Waals surface area contributed by atoms with Gasteiger partial charge in [-0.2, -0.15) is 5.06 Å². The van der Waals surface area contributed by atoms with Gasteiger partial charge in [0.05, 0.1) is 0 Å². The molecule has 1 saturated heterocycles. The Kier molecular flexibility index (Phi) is 3.92. The van der Waals surface area contributed by atoms with Gasteiger partial charge in [-0.1, -0.05) is 30.3 Å². The number of nitrogens with zero attached hydrogens (tertiary/aromatic N) is 1. The van der Waals surface area contributed by atoms with Crippen molar-refractivity contribution in [2.24, 2.45) is 0 Å². The second kappa shape index (κ2) is 4.60. The quantitative estimate of drug-likeness (QED) is 0.824. The molecule has 1 aromatic rings. The van der Waals surface area contributed by atoms with E-state index in [1.807, 2.05) is 6.07 Å². The van der Waals surface area contributed by atoms with E-state index in [1.54, 1.807) is 0 Å². The molecule has 2 nitrogen and oxygen atoms in total. The molecule has 17 heavy (non-hydrogen) atoms. The third kappa shape index (κ3) is 2.35. The number of hydrogen-bond acceptors (Lipinski definition) is 2. The Morgan fingerprint density at radius 1 is 1.12 bits per heavy atom. The highest BCUT2D eigenvalue weighted by Crippen LogP contribution is 2.48. The molecule has 1 unspecified atom stereocenters. The van der Waals surface area contributed by atoms with Crippen LogP contribution in [0.25, 0.3) is 0 Å². The van der Waals surface area contributed by atoms with Gasteiger partial charge in [-0.3, -0.25) is 0 Å². The number of hydrogen-bond donors (Lipinski definition) is 1. The Labute approximate surface area is 110 Å². The molecule has 0 aromatic heterocycles. The molecule has 1 atom stereocenters. The van der Waals surface area contributed by atoms with Gasteiger partial charge in [0.2, 0.25) is 0 Å². The van der Waals surface area contributed by atoms with Gasteiger partial charge in [-0.25, -0.2) is 0 Å². The molecule has 1 N–H and O–H groups in total. The van der Waals surface area contributed by atoms with Gasteiger partial charge >= 0.3 is 0 Å². The van der Waals surface area contributed by atoms with Gasteiger partial charge in [0.25, 0.3) is 0 Å². The summed E-state index contributed by atoms with van der Waals surface area (Å²) in [4.78, 5) is 0. The summed E-state index contributed by atoms with van der Waals surface area (Å²) in [5.74, 6) is 0.383. The summed E-state index contributed by atoms with van der Waals surface area (Å²) in [7, 11) is 0. The molecule has 3 heteroatoms. The van der Waals surface area contributed by atoms with E-state index in [1.165, 1.54) is 10.6 Å². The number of benzene rings is 1. The molecule has 1 heterocycles. The summed E-state index contributed by atoms with van der Waals surface area (Å²) >= 11 is 0. The lowest BCUT2D eigenvalue weighted by Crippen LogP contribution is -2.46. The molecule has 0 radical (unpaired) electrons. The van der Waals surface area contributed by atoms with Gasteiger partial charge in [-0.15, -0.1) is 12.4 Å². The first-order chi connectivity index (χ1) is 7.36. The largest absolute Gasteiger partial charge is 0.313 e. The van der Waals surface area contributed by atoms with E-state index in [2.05, 4.69) is 52.0 Å². The zero-order chi connectivity index (χ0) is 12.0. The van der Waals surface area contributed by atoms with E-state index in [-0.39, 0.29) is 23.5 Å². The Bertz CT molecular complexity index is 375. The summed E-state index contributed by atoms with van der Waals surface area (Å²) in [5, 5.41) is 11.8. The van der Waals surface area contributed by atoms with Crippen LogP contribution in [0.2, 0.25) is 0 Å². The molecule has 2 rings (SSSR count). The van der Waals surface area contributed by atoms with Crippen LogP contribution in [0.4, 0.5) is 0 Å². The van der Waals surface area contributed by atoms with E-state index >= 15 is 0 Å². The second-order valence-corrected chi connectivity index (χ2v) is 5.95. The molecule has 0 saturated carbocycles. The lowest BCUT2D eigenvalue weighted by Gasteiger charge is -2.36. The van der Waals surface area contributed by atoms with Gasteiger partial charge in [0.15, 0.2) is 0 Å². The maximum Gasteiger partial charge on any atom is 0.0479 e. The molecule has 1 fully saturated rings. The number of hydroxylamine groups is 2. The molecule has 0 aliphatic carbocycles. The zero-order valence-corrected chi connectivity index (χ0v) is 11.8. The molecule has 0 spiro atoms. The van der Waals surface area contributed by atoms with Crippen LogP contribution in [0.15, 0.2) is 30.3 Å². The predicted octanol–water partition coefficient (Wildman–Crippen LogP) is 3.84. The fourth-order valence-electron chi connectivity index (χ4n) is 2.97. The molecular weight excluding hydrogens is 234 g/mol. The number of halogens is 1. The van der Waals surface area contributed by atoms with Crippen LogP contribution in [-0.2, 0) is 0 Å². The maximum absolute atomic E-state index is 10.2. The Hall–Kier alpha value is -0.570. The molecular formula is C14H22ClNO. The third-order valence-electron chi connectivity index (χ3n) is 3.88. The summed E-state index contributed by atoms with van der Waals surface area (Å²) in [5.41, 5.74) is 0.964. The van der Waals surface area contributed by atoms with Gasteiger partial charge in [-0.05, 0) is 39.7 Å². The lowest BCUT2D eigenvalue weighted by molar-refractivity contribution is -0.193. The number of rotatable bonds is 1. The highest BCUT2D eigenvalue weighted by Gasteiger charge is 2.51. The van der Waals surface area contributed by atoms with E-state index in [9.17, 15) is 5.21 Å². The van der Waals surface area contributed by atoms with Crippen molar-refractivity contribution in [3.05, 3.63) is 35.9 Å². The van der Waals surface area contributed by atoms with Crippen molar-refractivity contribution in [3.8, 4) is 0 Å². The monoisotopic (exact) mass is 255 g/mol. The normalized spacial score (nSPS) is 26.5. The lowest BCUT2D eigenvalue weighted by atomic mass is 9.81. The van der Waals surface area contributed by atoms with E-state index in [0.29, 0.717) is 5.92 Å². The average Bonchev–Trinajstić information content (AvgIpc) is 2.40. The smallest absolute Gasteiger partial charge is 0.0479 e. The Morgan fingerprint density at radius 3 is 2.06 bits per heavy atom. The van der Waals surface area contributed by atoms with Crippen LogP contribution in [0.1, 0.15) is 45.6 Å². The molecule has 0 amide bonds. The van der Waals surface area contributed by atoms with Crippen LogP contribution >= 0.6 is 12.4 Å². The summed E-state index contributed by atoms with van der Waals surface area (Å²) < 4.78 is 0. The van der Waals surface area contributed by atoms with Crippen LogP contribution < -0.4 is 0 Å². The van der Waals surface area contributed by atoms with E-state index < -0.39 is 0 Å².